The Hall–Kier alpha value is -3.22. The Labute approximate surface area is 213 Å². The zero-order chi connectivity index (χ0) is 27.9. The molecule has 36 heavy (non-hydrogen) atoms. The highest BCUT2D eigenvalue weighted by atomic mass is 16.4. The van der Waals surface area contributed by atoms with E-state index >= 15 is 0 Å². The normalized spacial score (nSPS) is 13.7. The predicted molar refractivity (Wildman–Crippen MR) is 133 cm³/mol. The Morgan fingerprint density at radius 2 is 1.58 bits per heavy atom. The Kier molecular flexibility index (Phi) is 15.0. The number of hydrogen-bond acceptors (Lipinski definition) is 7. The molecule has 7 N–H and O–H groups in total. The number of aldehydes is 1. The first kappa shape index (κ1) is 32.8. The lowest BCUT2D eigenvalue weighted by Crippen LogP contribution is -2.51. The summed E-state index contributed by atoms with van der Waals surface area (Å²) in [5, 5.41) is 18.9. The number of carbonyl (C=O) groups excluding carboxylic acids is 5. The standard InChI is InChI=1S/C23H43N7O6/c1-15(2)11-18(22(36)28-16(14-31)7-6-10-26-23(24)25)29-20(33)9-8-19(32)27-17(12-21(34)35)13-30(3,4)5/h14-18H,6-13H2,1-5H3,(H7-,24,25,26,27,28,29,32,33,34,35,36)/t16-,17+,18-/m0/s1. The summed E-state index contributed by atoms with van der Waals surface area (Å²) in [6, 6.07) is -2.28. The molecule has 0 saturated heterocycles. The van der Waals surface area contributed by atoms with Gasteiger partial charge in [-0.1, -0.05) is 13.8 Å². The molecule has 0 fully saturated rings. The van der Waals surface area contributed by atoms with E-state index in [9.17, 15) is 29.1 Å². The molecular formula is C23H43N7O6. The smallest absolute Gasteiger partial charge is 0.243 e. The molecule has 0 aliphatic rings. The lowest BCUT2D eigenvalue weighted by molar-refractivity contribution is -0.871. The SMILES string of the molecule is CC(C)C[C@H](NC(=O)CCC(=O)N[C@H](CC(=O)[O-])C[N+](C)(C)C)C(=O)N[C@H](C=O)CCCN=C(N)N. The number of likely N-dealkylation sites (N-methyl/N-ethyl adjacent to an activating group) is 1. The minimum absolute atomic E-state index is 0.0575. The maximum absolute atomic E-state index is 12.7. The zero-order valence-corrected chi connectivity index (χ0v) is 22.0. The molecule has 0 unspecified atom stereocenters. The molecule has 3 amide bonds. The molecule has 0 aromatic carbocycles. The molecule has 13 heteroatoms. The summed E-state index contributed by atoms with van der Waals surface area (Å²) < 4.78 is 0.431. The summed E-state index contributed by atoms with van der Waals surface area (Å²) >= 11 is 0. The molecule has 0 aromatic heterocycles. The Morgan fingerprint density at radius 1 is 1.00 bits per heavy atom. The quantitative estimate of drug-likeness (QED) is 0.0429. The number of nitrogens with zero attached hydrogens (tertiary/aromatic N) is 2. The fourth-order valence-electron chi connectivity index (χ4n) is 3.50. The number of guanidine groups is 1. The Morgan fingerprint density at radius 3 is 2.06 bits per heavy atom. The third-order valence-electron chi connectivity index (χ3n) is 4.94. The molecule has 3 atom stereocenters. The molecule has 0 bridgehead atoms. The van der Waals surface area contributed by atoms with Crippen molar-refractivity contribution in [3.63, 3.8) is 0 Å². The van der Waals surface area contributed by atoms with Gasteiger partial charge in [-0.3, -0.25) is 19.4 Å². The first-order chi connectivity index (χ1) is 16.6. The molecule has 0 radical (unpaired) electrons. The van der Waals surface area contributed by atoms with E-state index in [1.807, 2.05) is 35.0 Å². The van der Waals surface area contributed by atoms with Gasteiger partial charge < -0.3 is 46.6 Å². The molecular weight excluding hydrogens is 470 g/mol. The number of quaternary nitrogens is 1. The second kappa shape index (κ2) is 16.5. The lowest BCUT2D eigenvalue weighted by Gasteiger charge is -2.30. The van der Waals surface area contributed by atoms with Crippen molar-refractivity contribution in [1.29, 1.82) is 0 Å². The van der Waals surface area contributed by atoms with Crippen molar-refractivity contribution >= 4 is 35.9 Å². The van der Waals surface area contributed by atoms with E-state index in [2.05, 4.69) is 20.9 Å². The zero-order valence-electron chi connectivity index (χ0n) is 22.0. The summed E-state index contributed by atoms with van der Waals surface area (Å²) in [6.45, 7) is 4.46. The topological polar surface area (TPSA) is 209 Å². The van der Waals surface area contributed by atoms with Crippen LogP contribution in [-0.4, -0.2) is 92.8 Å². The van der Waals surface area contributed by atoms with Gasteiger partial charge in [0, 0.05) is 31.8 Å². The van der Waals surface area contributed by atoms with Crippen molar-refractivity contribution in [3.05, 3.63) is 0 Å². The highest BCUT2D eigenvalue weighted by molar-refractivity contribution is 5.90. The van der Waals surface area contributed by atoms with Crippen LogP contribution in [0, 0.1) is 5.92 Å². The van der Waals surface area contributed by atoms with Crippen molar-refractivity contribution in [2.45, 2.75) is 70.5 Å². The molecule has 0 heterocycles. The van der Waals surface area contributed by atoms with Gasteiger partial charge in [0.05, 0.1) is 39.8 Å². The van der Waals surface area contributed by atoms with E-state index in [1.54, 1.807) is 0 Å². The second-order valence-corrected chi connectivity index (χ2v) is 10.3. The summed E-state index contributed by atoms with van der Waals surface area (Å²) in [5.74, 6) is -2.75. The fraction of sp³-hybridized carbons (Fsp3) is 0.739. The van der Waals surface area contributed by atoms with Crippen molar-refractivity contribution in [1.82, 2.24) is 16.0 Å². The predicted octanol–water partition coefficient (Wildman–Crippen LogP) is -2.63. The van der Waals surface area contributed by atoms with E-state index < -0.39 is 41.8 Å². The van der Waals surface area contributed by atoms with Crippen LogP contribution in [0.4, 0.5) is 0 Å². The number of amides is 3. The monoisotopic (exact) mass is 513 g/mol. The largest absolute Gasteiger partial charge is 0.550 e. The number of aliphatic carboxylic acids is 1. The highest BCUT2D eigenvalue weighted by Crippen LogP contribution is 2.07. The third kappa shape index (κ3) is 17.2. The molecule has 0 aliphatic carbocycles. The average Bonchev–Trinajstić information content (AvgIpc) is 2.71. The number of nitrogens with two attached hydrogens (primary N) is 2. The Balaban J connectivity index is 4.91. The number of nitrogens with one attached hydrogen (secondary N) is 3. The van der Waals surface area contributed by atoms with Gasteiger partial charge in [0.15, 0.2) is 5.96 Å². The molecule has 0 aliphatic heterocycles. The van der Waals surface area contributed by atoms with Crippen LogP contribution in [0.5, 0.6) is 0 Å². The van der Waals surface area contributed by atoms with Gasteiger partial charge in [0.2, 0.25) is 17.7 Å². The first-order valence-electron chi connectivity index (χ1n) is 12.0. The minimum atomic E-state index is -1.28. The molecule has 13 nitrogen and oxygen atoms in total. The molecule has 0 saturated carbocycles. The maximum atomic E-state index is 12.7. The van der Waals surface area contributed by atoms with Gasteiger partial charge in [-0.2, -0.15) is 0 Å². The lowest BCUT2D eigenvalue weighted by atomic mass is 10.0. The molecule has 206 valence electrons. The minimum Gasteiger partial charge on any atom is -0.550 e. The van der Waals surface area contributed by atoms with Gasteiger partial charge in [0.25, 0.3) is 0 Å². The molecule has 0 aromatic rings. The van der Waals surface area contributed by atoms with E-state index in [4.69, 9.17) is 11.5 Å². The van der Waals surface area contributed by atoms with Crippen molar-refractivity contribution < 1.29 is 33.6 Å². The third-order valence-corrected chi connectivity index (χ3v) is 4.94. The van der Waals surface area contributed by atoms with Gasteiger partial charge in [0.1, 0.15) is 12.3 Å². The van der Waals surface area contributed by atoms with Crippen LogP contribution >= 0.6 is 0 Å². The van der Waals surface area contributed by atoms with Crippen molar-refractivity contribution in [3.8, 4) is 0 Å². The van der Waals surface area contributed by atoms with Crippen molar-refractivity contribution in [2.75, 3.05) is 34.2 Å². The average molecular weight is 514 g/mol. The van der Waals surface area contributed by atoms with E-state index in [1.165, 1.54) is 0 Å². The number of carboxylic acids is 1. The van der Waals surface area contributed by atoms with Crippen LogP contribution in [0.1, 0.15) is 52.4 Å². The van der Waals surface area contributed by atoms with Gasteiger partial charge in [-0.05, 0) is 25.2 Å². The summed E-state index contributed by atoms with van der Waals surface area (Å²) in [7, 11) is 5.59. The summed E-state index contributed by atoms with van der Waals surface area (Å²) in [4.78, 5) is 63.8. The fourth-order valence-corrected chi connectivity index (χ4v) is 3.50. The highest BCUT2D eigenvalue weighted by Gasteiger charge is 2.25. The van der Waals surface area contributed by atoms with Gasteiger partial charge in [-0.15, -0.1) is 0 Å². The van der Waals surface area contributed by atoms with Crippen molar-refractivity contribution in [2.24, 2.45) is 22.4 Å². The summed E-state index contributed by atoms with van der Waals surface area (Å²) in [5.41, 5.74) is 10.5. The Bertz CT molecular complexity index is 775. The van der Waals surface area contributed by atoms with Crippen LogP contribution in [0.3, 0.4) is 0 Å². The number of carboxylic acid groups (broad SMARTS) is 1. The number of hydrogen-bond donors (Lipinski definition) is 5. The number of aliphatic imine (C=N–C) groups is 1. The van der Waals surface area contributed by atoms with Gasteiger partial charge >= 0.3 is 0 Å². The number of rotatable bonds is 18. The molecule has 0 spiro atoms. The van der Waals surface area contributed by atoms with Crippen LogP contribution in [0.2, 0.25) is 0 Å². The summed E-state index contributed by atoms with van der Waals surface area (Å²) in [6.07, 6.45) is 1.05. The first-order valence-corrected chi connectivity index (χ1v) is 12.0. The van der Waals surface area contributed by atoms with Crippen LogP contribution in [0.25, 0.3) is 0 Å². The number of carbonyl (C=O) groups is 5. The van der Waals surface area contributed by atoms with Crippen LogP contribution < -0.4 is 32.5 Å². The van der Waals surface area contributed by atoms with Crippen LogP contribution in [0.15, 0.2) is 4.99 Å². The van der Waals surface area contributed by atoms with Gasteiger partial charge in [-0.25, -0.2) is 0 Å². The van der Waals surface area contributed by atoms with E-state index in [-0.39, 0.29) is 31.1 Å². The second-order valence-electron chi connectivity index (χ2n) is 10.3. The van der Waals surface area contributed by atoms with Crippen LogP contribution in [-0.2, 0) is 24.0 Å². The molecule has 0 rings (SSSR count). The maximum Gasteiger partial charge on any atom is 0.243 e. The van der Waals surface area contributed by atoms with E-state index in [0.29, 0.717) is 43.1 Å². The van der Waals surface area contributed by atoms with E-state index in [0.717, 1.165) is 0 Å².